The lowest BCUT2D eigenvalue weighted by Gasteiger charge is -2.39. The van der Waals surface area contributed by atoms with Gasteiger partial charge in [0, 0.05) is 36.8 Å². The van der Waals surface area contributed by atoms with Gasteiger partial charge in [-0.05, 0) is 27.3 Å². The van der Waals surface area contributed by atoms with E-state index in [0.29, 0.717) is 13.1 Å². The van der Waals surface area contributed by atoms with Gasteiger partial charge in [0.15, 0.2) is 0 Å². The molecular weight excluding hydrogens is 274 g/mol. The fourth-order valence-corrected chi connectivity index (χ4v) is 2.25. The van der Waals surface area contributed by atoms with Gasteiger partial charge in [-0.15, -0.1) is 0 Å². The molecule has 1 aliphatic rings. The van der Waals surface area contributed by atoms with E-state index in [2.05, 4.69) is 17.1 Å². The largest absolute Gasteiger partial charge is 0.478 e. The summed E-state index contributed by atoms with van der Waals surface area (Å²) < 4.78 is 0. The number of likely N-dealkylation sites (N-methyl/N-ethyl adjacent to an activating group) is 1. The van der Waals surface area contributed by atoms with Gasteiger partial charge in [-0.25, -0.2) is 9.59 Å². The third kappa shape index (κ3) is 4.29. The van der Waals surface area contributed by atoms with Crippen LogP contribution in [0.3, 0.4) is 0 Å². The molecule has 0 bridgehead atoms. The fourth-order valence-electron chi connectivity index (χ4n) is 2.25. The minimum Gasteiger partial charge on any atom is -0.478 e. The molecule has 0 aromatic rings. The van der Waals surface area contributed by atoms with Crippen LogP contribution >= 0.6 is 0 Å². The molecule has 0 spiro atoms. The molecular formula is C14H23N3O4. The number of carbonyl (C=O) groups excluding carboxylic acids is 2. The number of nitrogens with zero attached hydrogens (tertiary/aromatic N) is 2. The van der Waals surface area contributed by atoms with Crippen molar-refractivity contribution in [2.45, 2.75) is 33.7 Å². The summed E-state index contributed by atoms with van der Waals surface area (Å²) in [6.45, 7) is 9.62. The van der Waals surface area contributed by atoms with Gasteiger partial charge in [0.25, 0.3) is 5.91 Å². The van der Waals surface area contributed by atoms with Crippen molar-refractivity contribution >= 4 is 17.9 Å². The molecule has 2 N–H and O–H groups in total. The van der Waals surface area contributed by atoms with Crippen molar-refractivity contribution in [3.63, 3.8) is 0 Å². The number of hydrogen-bond acceptors (Lipinski definition) is 4. The number of carbonyl (C=O) groups is 3. The highest BCUT2D eigenvalue weighted by molar-refractivity contribution is 6.07. The van der Waals surface area contributed by atoms with Crippen LogP contribution in [-0.2, 0) is 9.59 Å². The van der Waals surface area contributed by atoms with Crippen molar-refractivity contribution in [2.24, 2.45) is 0 Å². The standard InChI is InChI=1S/C14H23N3O4/c1-5-16-6-7-17(8-9(16)2)14(21)15-12(18)10(3)11(4)13(19)20/h9H,5-8H2,1-4H3,(H,19,20)(H,15,18,21). The van der Waals surface area contributed by atoms with Crippen molar-refractivity contribution in [3.8, 4) is 0 Å². The number of carboxylic acid groups (broad SMARTS) is 1. The number of aliphatic carboxylic acids is 1. The summed E-state index contributed by atoms with van der Waals surface area (Å²) in [5, 5.41) is 11.1. The van der Waals surface area contributed by atoms with E-state index in [4.69, 9.17) is 5.11 Å². The second kappa shape index (κ2) is 7.21. The summed E-state index contributed by atoms with van der Waals surface area (Å²) in [7, 11) is 0. The number of urea groups is 1. The van der Waals surface area contributed by atoms with E-state index in [1.807, 2.05) is 6.92 Å². The third-order valence-corrected chi connectivity index (χ3v) is 3.90. The van der Waals surface area contributed by atoms with Crippen LogP contribution < -0.4 is 5.32 Å². The zero-order valence-electron chi connectivity index (χ0n) is 13.0. The Morgan fingerprint density at radius 2 is 1.81 bits per heavy atom. The molecule has 3 amide bonds. The summed E-state index contributed by atoms with van der Waals surface area (Å²) in [5.41, 5.74) is -0.0273. The molecule has 0 saturated carbocycles. The van der Waals surface area contributed by atoms with E-state index < -0.39 is 17.9 Å². The average molecular weight is 297 g/mol. The van der Waals surface area contributed by atoms with Crippen molar-refractivity contribution < 1.29 is 19.5 Å². The maximum atomic E-state index is 12.1. The summed E-state index contributed by atoms with van der Waals surface area (Å²) in [6.07, 6.45) is 0. The Kier molecular flexibility index (Phi) is 5.90. The van der Waals surface area contributed by atoms with Gasteiger partial charge in [-0.2, -0.15) is 0 Å². The van der Waals surface area contributed by atoms with Crippen LogP contribution in [0.5, 0.6) is 0 Å². The number of nitrogens with one attached hydrogen (secondary N) is 1. The molecule has 7 nitrogen and oxygen atoms in total. The van der Waals surface area contributed by atoms with Crippen LogP contribution in [0.15, 0.2) is 11.1 Å². The van der Waals surface area contributed by atoms with Crippen molar-refractivity contribution in [2.75, 3.05) is 26.2 Å². The molecule has 0 aliphatic carbocycles. The second-order valence-electron chi connectivity index (χ2n) is 5.24. The minimum atomic E-state index is -1.17. The van der Waals surface area contributed by atoms with E-state index in [1.165, 1.54) is 13.8 Å². The normalized spacial score (nSPS) is 20.8. The summed E-state index contributed by atoms with van der Waals surface area (Å²) in [4.78, 5) is 38.5. The zero-order chi connectivity index (χ0) is 16.2. The van der Waals surface area contributed by atoms with Crippen LogP contribution in [-0.4, -0.2) is 65.0 Å². The molecule has 7 heteroatoms. The van der Waals surface area contributed by atoms with Crippen LogP contribution in [0.25, 0.3) is 0 Å². The average Bonchev–Trinajstić information content (AvgIpc) is 2.45. The molecule has 0 aromatic carbocycles. The van der Waals surface area contributed by atoms with Gasteiger partial charge in [0.05, 0.1) is 0 Å². The molecule has 1 heterocycles. The number of imide groups is 1. The number of piperazine rings is 1. The van der Waals surface area contributed by atoms with Gasteiger partial charge >= 0.3 is 12.0 Å². The topological polar surface area (TPSA) is 90.0 Å². The van der Waals surface area contributed by atoms with Crippen LogP contribution in [0, 0.1) is 0 Å². The van der Waals surface area contributed by atoms with Gasteiger partial charge in [-0.3, -0.25) is 15.0 Å². The molecule has 0 aromatic heterocycles. The third-order valence-electron chi connectivity index (χ3n) is 3.90. The Hall–Kier alpha value is -1.89. The zero-order valence-corrected chi connectivity index (χ0v) is 13.0. The van der Waals surface area contributed by atoms with Crippen molar-refractivity contribution in [1.29, 1.82) is 0 Å². The molecule has 1 atom stereocenters. The van der Waals surface area contributed by atoms with Crippen LogP contribution in [0.4, 0.5) is 4.79 Å². The van der Waals surface area contributed by atoms with E-state index in [-0.39, 0.29) is 17.2 Å². The number of hydrogen-bond donors (Lipinski definition) is 2. The molecule has 1 unspecified atom stereocenters. The quantitative estimate of drug-likeness (QED) is 0.747. The van der Waals surface area contributed by atoms with Crippen molar-refractivity contribution in [1.82, 2.24) is 15.1 Å². The van der Waals surface area contributed by atoms with Gasteiger partial charge in [0.2, 0.25) is 0 Å². The Bertz CT molecular complexity index is 473. The van der Waals surface area contributed by atoms with Crippen molar-refractivity contribution in [3.05, 3.63) is 11.1 Å². The fraction of sp³-hybridized carbons (Fsp3) is 0.643. The number of amides is 3. The molecule has 1 fully saturated rings. The molecule has 1 aliphatic heterocycles. The predicted octanol–water partition coefficient (Wildman–Crippen LogP) is 0.670. The molecule has 1 saturated heterocycles. The predicted molar refractivity (Wildman–Crippen MR) is 77.8 cm³/mol. The summed E-state index contributed by atoms with van der Waals surface area (Å²) in [6, 6.07) is -0.234. The first-order chi connectivity index (χ1) is 9.77. The van der Waals surface area contributed by atoms with E-state index in [9.17, 15) is 14.4 Å². The van der Waals surface area contributed by atoms with Crippen LogP contribution in [0.2, 0.25) is 0 Å². The first-order valence-corrected chi connectivity index (χ1v) is 7.03. The van der Waals surface area contributed by atoms with Gasteiger partial charge in [0.1, 0.15) is 0 Å². The first kappa shape index (κ1) is 17.2. The Balaban J connectivity index is 2.64. The minimum absolute atomic E-state index is 0.0380. The summed E-state index contributed by atoms with van der Waals surface area (Å²) >= 11 is 0. The highest BCUT2D eigenvalue weighted by Gasteiger charge is 2.27. The molecule has 0 radical (unpaired) electrons. The van der Waals surface area contributed by atoms with Crippen LogP contribution in [0.1, 0.15) is 27.7 Å². The Labute approximate surface area is 124 Å². The first-order valence-electron chi connectivity index (χ1n) is 7.03. The summed E-state index contributed by atoms with van der Waals surface area (Å²) in [5.74, 6) is -1.83. The van der Waals surface area contributed by atoms with Gasteiger partial charge < -0.3 is 10.0 Å². The lowest BCUT2D eigenvalue weighted by atomic mass is 10.1. The van der Waals surface area contributed by atoms with E-state index >= 15 is 0 Å². The Morgan fingerprint density at radius 1 is 1.19 bits per heavy atom. The molecule has 21 heavy (non-hydrogen) atoms. The molecule has 118 valence electrons. The molecule has 1 rings (SSSR count). The SMILES string of the molecule is CCN1CCN(C(=O)NC(=O)C(C)=C(C)C(=O)O)CC1C. The lowest BCUT2D eigenvalue weighted by molar-refractivity contribution is -0.133. The second-order valence-corrected chi connectivity index (χ2v) is 5.24. The Morgan fingerprint density at radius 3 is 2.29 bits per heavy atom. The highest BCUT2D eigenvalue weighted by atomic mass is 16.4. The smallest absolute Gasteiger partial charge is 0.331 e. The maximum absolute atomic E-state index is 12.1. The van der Waals surface area contributed by atoms with E-state index in [1.54, 1.807) is 4.90 Å². The number of rotatable bonds is 3. The lowest BCUT2D eigenvalue weighted by Crippen LogP contribution is -2.56. The number of carboxylic acids is 1. The monoisotopic (exact) mass is 297 g/mol. The van der Waals surface area contributed by atoms with E-state index in [0.717, 1.165) is 13.1 Å². The maximum Gasteiger partial charge on any atom is 0.331 e. The van der Waals surface area contributed by atoms with Gasteiger partial charge in [-0.1, -0.05) is 6.92 Å². The highest BCUT2D eigenvalue weighted by Crippen LogP contribution is 2.09.